The first-order chi connectivity index (χ1) is 14.2. The summed E-state index contributed by atoms with van der Waals surface area (Å²) in [5, 5.41) is 8.13. The molecule has 5 rings (SSSR count). The number of nitrogens with one attached hydrogen (secondary N) is 2. The van der Waals surface area contributed by atoms with E-state index in [1.807, 2.05) is 12.4 Å². The van der Waals surface area contributed by atoms with Crippen LogP contribution in [-0.4, -0.2) is 24.2 Å². The maximum Gasteiger partial charge on any atom is 0.307 e. The molecule has 0 radical (unpaired) electrons. The van der Waals surface area contributed by atoms with E-state index in [-0.39, 0.29) is 11.5 Å². The summed E-state index contributed by atoms with van der Waals surface area (Å²) in [6.07, 6.45) is 17.2. The van der Waals surface area contributed by atoms with E-state index >= 15 is 0 Å². The molecule has 2 fully saturated rings. The summed E-state index contributed by atoms with van der Waals surface area (Å²) in [6, 6.07) is 2.93. The monoisotopic (exact) mass is 392 g/mol. The van der Waals surface area contributed by atoms with Crippen LogP contribution in [0, 0.1) is 35.5 Å². The van der Waals surface area contributed by atoms with Gasteiger partial charge in [-0.15, -0.1) is 0 Å². The maximum atomic E-state index is 12.2. The summed E-state index contributed by atoms with van der Waals surface area (Å²) in [4.78, 5) is 24.4. The first kappa shape index (κ1) is 18.1. The molecule has 4 bridgehead atoms. The van der Waals surface area contributed by atoms with Crippen molar-refractivity contribution in [2.75, 3.05) is 0 Å². The minimum absolute atomic E-state index is 0.0438. The molecule has 2 N–H and O–H groups in total. The summed E-state index contributed by atoms with van der Waals surface area (Å²) in [5.74, 6) is 2.28. The topological polar surface area (TPSA) is 96.1 Å². The van der Waals surface area contributed by atoms with Crippen LogP contribution in [0.15, 0.2) is 51.1 Å². The van der Waals surface area contributed by atoms with Gasteiger partial charge in [0.05, 0.1) is 0 Å². The fourth-order valence-electron chi connectivity index (χ4n) is 5.06. The quantitative estimate of drug-likeness (QED) is 0.442. The van der Waals surface area contributed by atoms with E-state index in [2.05, 4.69) is 45.4 Å². The fourth-order valence-corrected chi connectivity index (χ4v) is 5.06. The molecular weight excluding hydrogens is 368 g/mol. The van der Waals surface area contributed by atoms with Crippen molar-refractivity contribution in [3.63, 3.8) is 0 Å². The average molecular weight is 392 g/mol. The summed E-state index contributed by atoms with van der Waals surface area (Å²) < 4.78 is 5.36. The molecule has 1 heterocycles. The third-order valence-electron chi connectivity index (χ3n) is 6.58. The number of carbonyl (C=O) groups is 2. The normalized spacial score (nSPS) is 34.1. The Balaban J connectivity index is 1.11. The largest absolute Gasteiger partial charge is 0.446 e. The highest BCUT2D eigenvalue weighted by Crippen LogP contribution is 2.43. The molecule has 1 aromatic heterocycles. The molecule has 150 valence electrons. The first-order valence-electron chi connectivity index (χ1n) is 10.3. The van der Waals surface area contributed by atoms with Crippen molar-refractivity contribution in [2.24, 2.45) is 45.7 Å². The molecule has 0 aliphatic heterocycles. The Kier molecular flexibility index (Phi) is 4.66. The van der Waals surface area contributed by atoms with E-state index < -0.39 is 11.8 Å². The number of amides is 2. The molecule has 7 heteroatoms. The van der Waals surface area contributed by atoms with Crippen LogP contribution in [0.4, 0.5) is 0 Å². The van der Waals surface area contributed by atoms with Gasteiger partial charge in [-0.1, -0.05) is 24.3 Å². The molecule has 0 aromatic carbocycles. The second-order valence-electron chi connectivity index (χ2n) is 8.49. The Morgan fingerprint density at radius 1 is 0.793 bits per heavy atom. The van der Waals surface area contributed by atoms with Gasteiger partial charge >= 0.3 is 11.8 Å². The van der Waals surface area contributed by atoms with Crippen molar-refractivity contribution in [3.8, 4) is 0 Å². The van der Waals surface area contributed by atoms with Crippen molar-refractivity contribution in [1.82, 2.24) is 10.9 Å². The lowest BCUT2D eigenvalue weighted by atomic mass is 9.95. The molecule has 0 unspecified atom stereocenters. The Bertz CT molecular complexity index is 856. The second kappa shape index (κ2) is 7.46. The molecule has 29 heavy (non-hydrogen) atoms. The number of hydrazone groups is 2. The summed E-state index contributed by atoms with van der Waals surface area (Å²) in [5.41, 5.74) is 4.96. The number of rotatable bonds is 6. The Morgan fingerprint density at radius 2 is 1.28 bits per heavy atom. The molecule has 0 spiro atoms. The predicted molar refractivity (Wildman–Crippen MR) is 108 cm³/mol. The van der Waals surface area contributed by atoms with Crippen molar-refractivity contribution >= 4 is 24.2 Å². The Hall–Kier alpha value is -2.96. The van der Waals surface area contributed by atoms with Crippen LogP contribution in [0.2, 0.25) is 0 Å². The predicted octanol–water partition coefficient (Wildman–Crippen LogP) is 3.14. The van der Waals surface area contributed by atoms with Gasteiger partial charge in [0.15, 0.2) is 11.5 Å². The van der Waals surface area contributed by atoms with Crippen LogP contribution in [0.1, 0.15) is 46.8 Å². The summed E-state index contributed by atoms with van der Waals surface area (Å²) in [7, 11) is 0. The SMILES string of the molecule is O=C(N/N=C\[C@H]1C[C@@H]2C=C[C@@H]1C2)c1ccc(C(=O)N/N=C\[C@H]2C[C@@H]3C=C[C@@H]2C3)o1. The Labute approximate surface area is 169 Å². The van der Waals surface area contributed by atoms with E-state index in [9.17, 15) is 9.59 Å². The zero-order chi connectivity index (χ0) is 19.8. The molecule has 1 aromatic rings. The van der Waals surface area contributed by atoms with Gasteiger partial charge < -0.3 is 4.42 Å². The third-order valence-corrected chi connectivity index (χ3v) is 6.58. The van der Waals surface area contributed by atoms with Crippen molar-refractivity contribution in [2.45, 2.75) is 25.7 Å². The van der Waals surface area contributed by atoms with Gasteiger partial charge in [0.2, 0.25) is 0 Å². The van der Waals surface area contributed by atoms with Crippen LogP contribution in [-0.2, 0) is 0 Å². The zero-order valence-electron chi connectivity index (χ0n) is 16.0. The van der Waals surface area contributed by atoms with Gasteiger partial charge in [0.1, 0.15) is 0 Å². The van der Waals surface area contributed by atoms with Crippen molar-refractivity contribution < 1.29 is 14.0 Å². The molecule has 4 aliphatic rings. The van der Waals surface area contributed by atoms with Gasteiger partial charge in [-0.05, 0) is 61.5 Å². The summed E-state index contributed by atoms with van der Waals surface area (Å²) >= 11 is 0. The van der Waals surface area contributed by atoms with E-state index in [0.29, 0.717) is 35.5 Å². The zero-order valence-corrected chi connectivity index (χ0v) is 16.0. The number of nitrogens with zero attached hydrogens (tertiary/aromatic N) is 2. The smallest absolute Gasteiger partial charge is 0.307 e. The van der Waals surface area contributed by atoms with Crippen LogP contribution >= 0.6 is 0 Å². The lowest BCUT2D eigenvalue weighted by molar-refractivity contribution is 0.0902. The van der Waals surface area contributed by atoms with Gasteiger partial charge in [-0.25, -0.2) is 10.9 Å². The minimum Gasteiger partial charge on any atom is -0.446 e. The minimum atomic E-state index is -0.476. The highest BCUT2D eigenvalue weighted by Gasteiger charge is 2.35. The van der Waals surface area contributed by atoms with Gasteiger partial charge in [0.25, 0.3) is 0 Å². The number of allylic oxidation sites excluding steroid dienone is 4. The number of furan rings is 1. The van der Waals surface area contributed by atoms with Crippen molar-refractivity contribution in [1.29, 1.82) is 0 Å². The van der Waals surface area contributed by atoms with Gasteiger partial charge in [0, 0.05) is 24.3 Å². The molecule has 2 saturated carbocycles. The lowest BCUT2D eigenvalue weighted by Crippen LogP contribution is -2.20. The average Bonchev–Trinajstić information content (AvgIpc) is 3.54. The van der Waals surface area contributed by atoms with Crippen LogP contribution in [0.3, 0.4) is 0 Å². The molecule has 2 amide bonds. The van der Waals surface area contributed by atoms with E-state index in [1.165, 1.54) is 25.0 Å². The van der Waals surface area contributed by atoms with E-state index in [4.69, 9.17) is 4.42 Å². The molecule has 0 saturated heterocycles. The van der Waals surface area contributed by atoms with Crippen LogP contribution in [0.25, 0.3) is 0 Å². The third kappa shape index (κ3) is 3.69. The van der Waals surface area contributed by atoms with Gasteiger partial charge in [-0.2, -0.15) is 10.2 Å². The Morgan fingerprint density at radius 3 is 1.66 bits per heavy atom. The maximum absolute atomic E-state index is 12.2. The number of hydrogen-bond donors (Lipinski definition) is 2. The lowest BCUT2D eigenvalue weighted by Gasteiger charge is -2.11. The second-order valence-corrected chi connectivity index (χ2v) is 8.49. The van der Waals surface area contributed by atoms with Gasteiger partial charge in [-0.3, -0.25) is 9.59 Å². The molecule has 4 aliphatic carbocycles. The number of fused-ring (bicyclic) bond motifs is 4. The molecule has 7 nitrogen and oxygen atoms in total. The van der Waals surface area contributed by atoms with E-state index in [1.54, 1.807) is 0 Å². The number of carbonyl (C=O) groups excluding carboxylic acids is 2. The van der Waals surface area contributed by atoms with E-state index in [0.717, 1.165) is 12.8 Å². The van der Waals surface area contributed by atoms with Crippen LogP contribution < -0.4 is 10.9 Å². The summed E-state index contributed by atoms with van der Waals surface area (Å²) in [6.45, 7) is 0. The first-order valence-corrected chi connectivity index (χ1v) is 10.3. The van der Waals surface area contributed by atoms with Crippen LogP contribution in [0.5, 0.6) is 0 Å². The highest BCUT2D eigenvalue weighted by atomic mass is 16.4. The standard InChI is InChI=1S/C22H24N4O3/c27-21(25-23-11-17-9-13-1-3-15(17)7-13)19-5-6-20(29-19)22(28)26-24-12-18-10-14-2-4-16(18)8-14/h1-6,11-18H,7-10H2,(H,25,27)(H,26,28)/b23-11-,24-12-/t13-,14-,15-,16-,17-,18-/m1/s1. The van der Waals surface area contributed by atoms with Crippen molar-refractivity contribution in [3.05, 3.63) is 48.0 Å². The number of hydrogen-bond acceptors (Lipinski definition) is 5. The molecular formula is C22H24N4O3. The molecule has 6 atom stereocenters. The highest BCUT2D eigenvalue weighted by molar-refractivity contribution is 5.95. The fraction of sp³-hybridized carbons (Fsp3) is 0.455.